The summed E-state index contributed by atoms with van der Waals surface area (Å²) >= 11 is 0. The van der Waals surface area contributed by atoms with E-state index >= 15 is 0 Å². The third kappa shape index (κ3) is 13.5. The van der Waals surface area contributed by atoms with Crippen molar-refractivity contribution in [2.75, 3.05) is 0 Å². The quantitative estimate of drug-likeness (QED) is 0.116. The molecule has 0 atom stereocenters. The highest BCUT2D eigenvalue weighted by molar-refractivity contribution is 6.26. The highest BCUT2D eigenvalue weighted by Gasteiger charge is 2.24. The van der Waals surface area contributed by atoms with E-state index in [0.717, 1.165) is 57.1 Å². The van der Waals surface area contributed by atoms with E-state index in [2.05, 4.69) is 36.4 Å². The lowest BCUT2D eigenvalue weighted by Gasteiger charge is -2.13. The van der Waals surface area contributed by atoms with Crippen LogP contribution < -0.4 is 0 Å². The molecule has 0 aliphatic carbocycles. The molecule has 0 saturated heterocycles. The van der Waals surface area contributed by atoms with Crippen LogP contribution in [0.4, 0.5) is 0 Å². The molecule has 0 unspecified atom stereocenters. The first-order valence-electron chi connectivity index (χ1n) is 77.2. The highest BCUT2D eigenvalue weighted by atomic mass is 15.0. The van der Waals surface area contributed by atoms with E-state index in [4.69, 9.17) is 69.9 Å². The van der Waals surface area contributed by atoms with Crippen molar-refractivity contribution >= 4 is 163 Å². The predicted octanol–water partition coefficient (Wildman–Crippen LogP) is 36.1. The molecule has 0 spiro atoms. The molecular weight excluding hydrogens is 1690 g/mol. The number of hydrogen-bond acceptors (Lipinski definition) is 0. The molecule has 6 nitrogen and oxygen atoms in total. The van der Waals surface area contributed by atoms with Crippen LogP contribution in [-0.4, -0.2) is 27.4 Å². The maximum atomic E-state index is 9.90. The molecule has 0 saturated carbocycles. The van der Waals surface area contributed by atoms with Gasteiger partial charge in [0.1, 0.15) is 0 Å². The van der Waals surface area contributed by atoms with Gasteiger partial charge in [0.25, 0.3) is 0 Å². The molecule has 29 rings (SSSR count). The summed E-state index contributed by atoms with van der Waals surface area (Å²) in [5.41, 5.74) is -13.5. The lowest BCUT2D eigenvalue weighted by molar-refractivity contribution is 1.17. The third-order valence-electron chi connectivity index (χ3n) is 23.8. The van der Waals surface area contributed by atoms with Crippen LogP contribution in [0, 0.1) is 13.8 Å². The number of benzene rings is 23. The molecule has 6 heterocycles. The van der Waals surface area contributed by atoms with Crippen molar-refractivity contribution in [1.29, 1.82) is 0 Å². The zero-order valence-electron chi connectivity index (χ0n) is 141. The maximum absolute atomic E-state index is 9.90. The van der Waals surface area contributed by atoms with Gasteiger partial charge in [0.15, 0.2) is 0 Å². The molecule has 140 heavy (non-hydrogen) atoms. The summed E-state index contributed by atoms with van der Waals surface area (Å²) in [5.74, 6) is 0. The molecule has 23 aromatic carbocycles. The molecule has 0 N–H and O–H groups in total. The van der Waals surface area contributed by atoms with E-state index in [1.165, 1.54) is 18.4 Å². The maximum Gasteiger partial charge on any atom is 0.0652 e. The molecule has 0 radical (unpaired) electrons. The summed E-state index contributed by atoms with van der Waals surface area (Å²) in [6, 6.07) is -26.4. The molecule has 29 aromatic rings. The normalized spacial score (nSPS) is 18.7. The Bertz CT molecular complexity index is 14200. The second-order valence-corrected chi connectivity index (χ2v) is 31.7. The standard InChI is InChI=1S/C48H30N2.2C43H30N2/c1-2-16-37-35(14-1)36-15-3-4-17-38(36)43-29-32(24-26-39(37)43)31-12-11-13-33(28-31)49-47-23-10-7-20-42(47)44-30-34(25-27-48(44)49)50-45-21-8-5-18-40(45)41-19-6-9-22-46(41)50;1-29-17-19-30(20-18-29)31-21-23-32(24-22-31)33-9-8-10-34(27-33)44-42-16-7-4-13-38(42)39-28-35(25-26-43(39)44)45-40-14-5-2-11-36(40)37-12-3-6-15-41(37)45;1-29-9-8-10-33(27-29)32-19-17-30(18-20-32)31-21-23-34(24-22-31)44-42-16-7-4-13-38(42)39-28-35(25-26-43(39)44)45-40-14-5-2-11-36(40)37-12-3-6-15-41(37)45/h1-30H;2*2-28H,1H3/i5D,6D,7D,8D,9D,10D,18D,19D,20D,21D,22D,23D,25D,27D,30D;2*2D,3D,4D,5D,6D,7D,8D,9D,10D,11D,12D,13D,14D,15D,16D,17D,18D,19D,20D,21D,22D,23D,24D,25D,26D,27D,28D. The van der Waals surface area contributed by atoms with Gasteiger partial charge in [-0.1, -0.05) is 368 Å². The average molecular weight is 1850 g/mol. The van der Waals surface area contributed by atoms with Crippen LogP contribution in [0.3, 0.4) is 0 Å². The first kappa shape index (κ1) is 37.7. The van der Waals surface area contributed by atoms with Crippen molar-refractivity contribution < 1.29 is 94.6 Å². The summed E-state index contributed by atoms with van der Waals surface area (Å²) in [6.45, 7) is 2.61. The number of aromatic nitrogens is 6. The van der Waals surface area contributed by atoms with Crippen LogP contribution in [0.2, 0.25) is 0 Å². The lowest BCUT2D eigenvalue weighted by atomic mass is 9.92. The third-order valence-corrected chi connectivity index (χ3v) is 23.8. The number of rotatable bonds is 11. The van der Waals surface area contributed by atoms with E-state index < -0.39 is 577 Å². The monoisotopic (exact) mass is 1850 g/mol. The van der Waals surface area contributed by atoms with Crippen molar-refractivity contribution in [1.82, 2.24) is 27.4 Å². The van der Waals surface area contributed by atoms with E-state index in [1.54, 1.807) is 12.1 Å². The zero-order chi connectivity index (χ0) is 153. The Balaban J connectivity index is 0.000000142. The summed E-state index contributed by atoms with van der Waals surface area (Å²) in [7, 11) is 0. The smallest absolute Gasteiger partial charge is 0.0652 e. The van der Waals surface area contributed by atoms with Gasteiger partial charge in [-0.3, -0.25) is 0 Å². The Morgan fingerprint density at radius 3 is 0.771 bits per heavy atom. The van der Waals surface area contributed by atoms with Gasteiger partial charge < -0.3 is 27.4 Å². The Labute approximate surface area is 906 Å². The van der Waals surface area contributed by atoms with E-state index in [-0.39, 0.29) is 54.7 Å². The molecule has 0 aliphatic heterocycles. The Hall–Kier alpha value is -18.4. The van der Waals surface area contributed by atoms with Crippen molar-refractivity contribution in [3.8, 4) is 89.8 Å². The van der Waals surface area contributed by atoms with Crippen LogP contribution in [0.25, 0.3) is 253 Å². The second kappa shape index (κ2) is 33.3. The van der Waals surface area contributed by atoms with Crippen LogP contribution in [0.5, 0.6) is 0 Å². The molecule has 0 bridgehead atoms. The fraction of sp³-hybridized carbons (Fsp3) is 0.0149. The van der Waals surface area contributed by atoms with Crippen molar-refractivity contribution in [3.63, 3.8) is 0 Å². The summed E-state index contributed by atoms with van der Waals surface area (Å²) in [6.07, 6.45) is 0. The molecule has 0 fully saturated rings. The van der Waals surface area contributed by atoms with Gasteiger partial charge in [-0.05, 0) is 253 Å². The largest absolute Gasteiger partial charge is 0.309 e. The van der Waals surface area contributed by atoms with Crippen LogP contribution in [-0.2, 0) is 0 Å². The Kier molecular flexibility index (Phi) is 8.98. The summed E-state index contributed by atoms with van der Waals surface area (Å²) < 4.78 is 622. The minimum absolute atomic E-state index is 0.0697. The minimum atomic E-state index is -1.06. The van der Waals surface area contributed by atoms with Gasteiger partial charge in [-0.25, -0.2) is 0 Å². The van der Waals surface area contributed by atoms with Crippen LogP contribution in [0.15, 0.2) is 508 Å². The van der Waals surface area contributed by atoms with Crippen molar-refractivity contribution in [2.24, 2.45) is 0 Å². The van der Waals surface area contributed by atoms with Gasteiger partial charge in [0.2, 0.25) is 0 Å². The van der Waals surface area contributed by atoms with E-state index in [9.17, 15) is 24.7 Å². The van der Waals surface area contributed by atoms with Gasteiger partial charge in [0, 0.05) is 98.8 Å². The first-order chi connectivity index (χ1) is 98.1. The fourth-order valence-electron chi connectivity index (χ4n) is 17.7. The van der Waals surface area contributed by atoms with Gasteiger partial charge in [0.05, 0.1) is 161 Å². The zero-order valence-corrected chi connectivity index (χ0v) is 71.8. The summed E-state index contributed by atoms with van der Waals surface area (Å²) in [4.78, 5) is 0. The Morgan fingerprint density at radius 1 is 0.136 bits per heavy atom. The minimum Gasteiger partial charge on any atom is -0.309 e. The average Bonchev–Trinajstić information content (AvgIpc) is 1.52. The number of fused-ring (bicyclic) bond motifs is 24. The van der Waals surface area contributed by atoms with Crippen molar-refractivity contribution in [2.45, 2.75) is 13.8 Å². The SMILES string of the molecule is [2H]c1c([2H])c(-c2c([2H])c([2H])c(-c3c([2H])c([2H])c(C)c([2H])c3[2H])c([2H])c2[2H])c([2H])c(-n2c3c([2H])c([2H])c([2H])c([2H])c3c3c([2H])c(-n4c5c([2H])c([2H])c([2H])c([2H])c5c5c([2H])c([2H])c([2H])c([2H])c54)c([2H])c([2H])c32)c1[2H].[2H]c1c([2H])c(C)c([2H])c(-c2c([2H])c([2H])c(-c3c([2H])c([2H])c(-n4c5c([2H])c([2H])c([2H])c([2H])c5c5c([2H])c(-n6c7c([2H])c([2H])c([2H])c([2H])c7c7c([2H])c([2H])c([2H])c([2H])c76)c([2H])c([2H])c54)c([2H])c3[2H])c([2H])c2[2H])c1[2H].[2H]c1c([2H])c([2H])c2c(c1[2H])c1c([2H])c(-n3c4c([2H])c([2H])c([2H])c([2H])c4c4c([2H])c([2H])c([2H])c([2H])c43)c([2H])c([2H])c1n2-c1cccc(-c2ccc3c4ccccc4c4ccccc4c3c2)c1. The number of nitrogens with zero attached hydrogens (tertiary/aromatic N) is 6. The second-order valence-electron chi connectivity index (χ2n) is 31.7. The topological polar surface area (TPSA) is 29.6 Å². The molecule has 6 heteroatoms. The van der Waals surface area contributed by atoms with Crippen LogP contribution in [0.1, 0.15) is 106 Å². The molecule has 0 amide bonds. The van der Waals surface area contributed by atoms with Crippen LogP contribution >= 0.6 is 0 Å². The Morgan fingerprint density at radius 2 is 0.400 bits per heavy atom. The van der Waals surface area contributed by atoms with Gasteiger partial charge >= 0.3 is 0 Å². The molecular formula is C134H90N6. The fourth-order valence-corrected chi connectivity index (χ4v) is 17.7. The van der Waals surface area contributed by atoms with E-state index in [1.807, 2.05) is 42.5 Å². The highest BCUT2D eigenvalue weighted by Crippen LogP contribution is 2.46. The molecule has 6 aromatic heterocycles. The number of hydrogen-bond donors (Lipinski definition) is 0. The van der Waals surface area contributed by atoms with Gasteiger partial charge in [-0.2, -0.15) is 0 Å². The summed E-state index contributed by atoms with van der Waals surface area (Å²) in [5, 5.41) is 1.39. The lowest BCUT2D eigenvalue weighted by Crippen LogP contribution is -1.96. The van der Waals surface area contributed by atoms with Crippen molar-refractivity contribution in [3.05, 3.63) is 519 Å². The molecule has 656 valence electrons. The van der Waals surface area contributed by atoms with E-state index in [0.29, 0.717) is 14.8 Å². The van der Waals surface area contributed by atoms with Gasteiger partial charge in [-0.15, -0.1) is 0 Å². The number of para-hydroxylation sites is 9. The first-order valence-corrected chi connectivity index (χ1v) is 42.7. The molecule has 0 aliphatic rings. The predicted molar refractivity (Wildman–Crippen MR) is 595 cm³/mol.